The van der Waals surface area contributed by atoms with Crippen molar-refractivity contribution in [3.63, 3.8) is 0 Å². The molecule has 0 aromatic heterocycles. The second kappa shape index (κ2) is 11.3. The van der Waals surface area contributed by atoms with Crippen molar-refractivity contribution in [2.45, 2.75) is 50.7 Å². The van der Waals surface area contributed by atoms with Crippen molar-refractivity contribution in [2.24, 2.45) is 0 Å². The molecule has 7 nitrogen and oxygen atoms in total. The summed E-state index contributed by atoms with van der Waals surface area (Å²) < 4.78 is 26.8. The van der Waals surface area contributed by atoms with Gasteiger partial charge in [-0.3, -0.25) is 9.59 Å². The zero-order chi connectivity index (χ0) is 25.8. The highest BCUT2D eigenvalue weighted by atomic mass is 35.5. The van der Waals surface area contributed by atoms with Crippen LogP contribution in [0.5, 0.6) is 0 Å². The van der Waals surface area contributed by atoms with E-state index in [1.165, 1.54) is 36.2 Å². The van der Waals surface area contributed by atoms with Crippen LogP contribution in [-0.2, 0) is 26.2 Å². The first-order valence-electron chi connectivity index (χ1n) is 10.4. The number of likely N-dealkylation sites (N-methyl/N-ethyl adjacent to an activating group) is 1. The molecule has 1 unspecified atom stereocenters. The van der Waals surface area contributed by atoms with Crippen molar-refractivity contribution in [3.05, 3.63) is 63.1 Å². The van der Waals surface area contributed by atoms with Gasteiger partial charge in [0.15, 0.2) is 0 Å². The molecule has 2 amide bonds. The van der Waals surface area contributed by atoms with Gasteiger partial charge in [-0.05, 0) is 64.1 Å². The number of benzene rings is 2. The van der Waals surface area contributed by atoms with E-state index in [0.717, 1.165) is 4.31 Å². The normalized spacial score (nSPS) is 13.0. The molecule has 0 fully saturated rings. The molecular weight excluding hydrogens is 521 g/mol. The summed E-state index contributed by atoms with van der Waals surface area (Å²) in [7, 11) is -2.68. The number of halogens is 3. The van der Waals surface area contributed by atoms with Crippen LogP contribution in [0, 0.1) is 0 Å². The number of hydrogen-bond donors (Lipinski definition) is 1. The van der Waals surface area contributed by atoms with Gasteiger partial charge >= 0.3 is 0 Å². The Morgan fingerprint density at radius 3 is 2.03 bits per heavy atom. The minimum Gasteiger partial charge on any atom is -0.350 e. The summed E-state index contributed by atoms with van der Waals surface area (Å²) in [4.78, 5) is 27.5. The Bertz CT molecular complexity index is 1130. The van der Waals surface area contributed by atoms with Crippen molar-refractivity contribution >= 4 is 56.6 Å². The Balaban J connectivity index is 2.36. The van der Waals surface area contributed by atoms with Crippen molar-refractivity contribution in [1.82, 2.24) is 14.5 Å². The van der Waals surface area contributed by atoms with E-state index in [-0.39, 0.29) is 11.4 Å². The number of carbonyl (C=O) groups excluding carboxylic acids is 2. The van der Waals surface area contributed by atoms with Crippen molar-refractivity contribution in [1.29, 1.82) is 0 Å². The molecule has 0 aliphatic heterocycles. The second-order valence-electron chi connectivity index (χ2n) is 8.85. The molecule has 34 heavy (non-hydrogen) atoms. The maximum atomic E-state index is 13.4. The van der Waals surface area contributed by atoms with Gasteiger partial charge in [0.2, 0.25) is 21.8 Å². The van der Waals surface area contributed by atoms with Gasteiger partial charge in [-0.1, -0.05) is 40.9 Å². The Labute approximate surface area is 216 Å². The molecule has 0 radical (unpaired) electrons. The number of nitrogens with zero attached hydrogens (tertiary/aromatic N) is 2. The molecule has 0 saturated heterocycles. The Morgan fingerprint density at radius 2 is 1.53 bits per heavy atom. The van der Waals surface area contributed by atoms with E-state index < -0.39 is 40.0 Å². The summed E-state index contributed by atoms with van der Waals surface area (Å²) >= 11 is 18.5. The molecular formula is C23H28Cl3N3O4S. The predicted octanol–water partition coefficient (Wildman–Crippen LogP) is 4.60. The van der Waals surface area contributed by atoms with Crippen LogP contribution in [0.4, 0.5) is 0 Å². The average molecular weight is 549 g/mol. The van der Waals surface area contributed by atoms with Gasteiger partial charge in [-0.2, -0.15) is 4.31 Å². The Morgan fingerprint density at radius 1 is 1.00 bits per heavy atom. The molecule has 0 aliphatic rings. The van der Waals surface area contributed by atoms with Crippen molar-refractivity contribution in [2.75, 3.05) is 13.6 Å². The van der Waals surface area contributed by atoms with Crippen LogP contribution < -0.4 is 5.32 Å². The quantitative estimate of drug-likeness (QED) is 0.522. The zero-order valence-electron chi connectivity index (χ0n) is 19.6. The molecule has 2 rings (SSSR count). The lowest BCUT2D eigenvalue weighted by atomic mass is 10.1. The Kier molecular flexibility index (Phi) is 9.41. The fourth-order valence-electron chi connectivity index (χ4n) is 3.06. The topological polar surface area (TPSA) is 86.8 Å². The first kappa shape index (κ1) is 28.4. The van der Waals surface area contributed by atoms with Crippen LogP contribution in [0.3, 0.4) is 0 Å². The third-order valence-electron chi connectivity index (χ3n) is 4.94. The van der Waals surface area contributed by atoms with E-state index in [9.17, 15) is 18.0 Å². The van der Waals surface area contributed by atoms with Crippen LogP contribution in [-0.4, -0.2) is 54.6 Å². The summed E-state index contributed by atoms with van der Waals surface area (Å²) in [5, 5.41) is 3.89. The number of hydrogen-bond acceptors (Lipinski definition) is 4. The van der Waals surface area contributed by atoms with Gasteiger partial charge in [-0.25, -0.2) is 8.42 Å². The van der Waals surface area contributed by atoms with E-state index in [0.29, 0.717) is 20.6 Å². The minimum atomic E-state index is -3.97. The summed E-state index contributed by atoms with van der Waals surface area (Å²) in [6.07, 6.45) is 0. The van der Waals surface area contributed by atoms with E-state index in [1.807, 2.05) is 20.8 Å². The first-order chi connectivity index (χ1) is 15.6. The first-order valence-corrected chi connectivity index (χ1v) is 13.0. The highest BCUT2D eigenvalue weighted by molar-refractivity contribution is 7.89. The number of sulfonamides is 1. The molecule has 1 N–H and O–H groups in total. The third kappa shape index (κ3) is 7.33. The molecule has 0 bridgehead atoms. The predicted molar refractivity (Wildman–Crippen MR) is 136 cm³/mol. The SMILES string of the molecule is CC(C(=O)NC(C)(C)C)N(Cc1c(Cl)cccc1Cl)C(=O)CN(C)S(=O)(=O)c1ccc(Cl)cc1. The standard InChI is InChI=1S/C23H28Cl3N3O4S/c1-15(22(31)27-23(2,3)4)29(13-18-19(25)7-6-8-20(18)26)21(30)14-28(5)34(32,33)17-11-9-16(24)10-12-17/h6-12,15H,13-14H2,1-5H3,(H,27,31). The summed E-state index contributed by atoms with van der Waals surface area (Å²) in [6.45, 7) is 6.45. The molecule has 0 aliphatic carbocycles. The lowest BCUT2D eigenvalue weighted by molar-refractivity contribution is -0.141. The molecule has 186 valence electrons. The zero-order valence-corrected chi connectivity index (χ0v) is 22.7. The highest BCUT2D eigenvalue weighted by Gasteiger charge is 2.32. The van der Waals surface area contributed by atoms with E-state index >= 15 is 0 Å². The van der Waals surface area contributed by atoms with Crippen LogP contribution in [0.1, 0.15) is 33.3 Å². The number of carbonyl (C=O) groups is 2. The van der Waals surface area contributed by atoms with Gasteiger partial charge in [-0.15, -0.1) is 0 Å². The van der Waals surface area contributed by atoms with Crippen LogP contribution >= 0.6 is 34.8 Å². The highest BCUT2D eigenvalue weighted by Crippen LogP contribution is 2.27. The fourth-order valence-corrected chi connectivity index (χ4v) is 4.83. The molecule has 2 aromatic rings. The van der Waals surface area contributed by atoms with Gasteiger partial charge in [0.05, 0.1) is 11.4 Å². The van der Waals surface area contributed by atoms with Crippen LogP contribution in [0.25, 0.3) is 0 Å². The fraction of sp³-hybridized carbons (Fsp3) is 0.391. The molecule has 0 spiro atoms. The van der Waals surface area contributed by atoms with Gasteiger partial charge in [0.1, 0.15) is 6.04 Å². The molecule has 11 heteroatoms. The molecule has 0 heterocycles. The number of rotatable bonds is 8. The largest absolute Gasteiger partial charge is 0.350 e. The van der Waals surface area contributed by atoms with Crippen molar-refractivity contribution < 1.29 is 18.0 Å². The molecule has 0 saturated carbocycles. The van der Waals surface area contributed by atoms with Crippen LogP contribution in [0.15, 0.2) is 47.4 Å². The van der Waals surface area contributed by atoms with Gasteiger partial charge < -0.3 is 10.2 Å². The maximum Gasteiger partial charge on any atom is 0.243 e. The van der Waals surface area contributed by atoms with E-state index in [2.05, 4.69) is 5.32 Å². The molecule has 1 atom stereocenters. The smallest absolute Gasteiger partial charge is 0.243 e. The Hall–Kier alpha value is -1.84. The summed E-state index contributed by atoms with van der Waals surface area (Å²) in [6, 6.07) is 9.63. The lowest BCUT2D eigenvalue weighted by Crippen LogP contribution is -2.54. The average Bonchev–Trinajstić information content (AvgIpc) is 2.72. The van der Waals surface area contributed by atoms with Crippen LogP contribution in [0.2, 0.25) is 15.1 Å². The minimum absolute atomic E-state index is 0.00794. The van der Waals surface area contributed by atoms with Crippen molar-refractivity contribution in [3.8, 4) is 0 Å². The third-order valence-corrected chi connectivity index (χ3v) is 7.71. The van der Waals surface area contributed by atoms with Gasteiger partial charge in [0, 0.05) is 39.8 Å². The number of nitrogens with one attached hydrogen (secondary N) is 1. The lowest BCUT2D eigenvalue weighted by Gasteiger charge is -2.32. The van der Waals surface area contributed by atoms with Gasteiger partial charge in [0.25, 0.3) is 0 Å². The summed E-state index contributed by atoms with van der Waals surface area (Å²) in [5.41, 5.74) is -0.0746. The second-order valence-corrected chi connectivity index (χ2v) is 12.1. The maximum absolute atomic E-state index is 13.4. The summed E-state index contributed by atoms with van der Waals surface area (Å²) in [5.74, 6) is -0.986. The monoisotopic (exact) mass is 547 g/mol. The number of amides is 2. The van der Waals surface area contributed by atoms with E-state index in [4.69, 9.17) is 34.8 Å². The molecule has 2 aromatic carbocycles. The van der Waals surface area contributed by atoms with E-state index in [1.54, 1.807) is 25.1 Å².